The van der Waals surface area contributed by atoms with Crippen LogP contribution in [-0.4, -0.2) is 67.7 Å². The van der Waals surface area contributed by atoms with E-state index in [-0.39, 0.29) is 14.9 Å². The number of aliphatic hydroxyl groups is 2. The van der Waals surface area contributed by atoms with Gasteiger partial charge in [-0.2, -0.15) is 0 Å². The lowest BCUT2D eigenvalue weighted by atomic mass is 9.97. The molecule has 1 aliphatic heterocycles. The normalized spacial score (nSPS) is 25.9. The molecular formula is C18H17Cl2FN4O5S2. The third kappa shape index (κ3) is 4.59. The molecule has 9 nitrogen and oxygen atoms in total. The molecule has 4 rings (SSSR count). The average Bonchev–Trinajstić information content (AvgIpc) is 3.41. The summed E-state index contributed by atoms with van der Waals surface area (Å²) in [6, 6.07) is 2.01. The van der Waals surface area contributed by atoms with Gasteiger partial charge in [0.1, 0.15) is 35.5 Å². The molecular weight excluding hydrogens is 506 g/mol. The fourth-order valence-electron chi connectivity index (χ4n) is 3.39. The van der Waals surface area contributed by atoms with Crippen LogP contribution in [0.1, 0.15) is 6.04 Å². The molecule has 1 aromatic carbocycles. The molecule has 0 radical (unpaired) electrons. The number of rotatable bonds is 6. The minimum atomic E-state index is -1.18. The number of halogens is 3. The summed E-state index contributed by atoms with van der Waals surface area (Å²) >= 11 is 13.9. The highest BCUT2D eigenvalue weighted by Gasteiger charge is 2.47. The lowest BCUT2D eigenvalue weighted by Crippen LogP contribution is -2.55. The van der Waals surface area contributed by atoms with E-state index < -0.39 is 42.2 Å². The Labute approximate surface area is 199 Å². The van der Waals surface area contributed by atoms with E-state index >= 15 is 0 Å². The van der Waals surface area contributed by atoms with E-state index in [1.54, 1.807) is 11.6 Å². The van der Waals surface area contributed by atoms with Crippen LogP contribution >= 0.6 is 46.3 Å². The number of aliphatic hydroxyl groups excluding tert-OH is 2. The summed E-state index contributed by atoms with van der Waals surface area (Å²) in [5.41, 5.74) is 0.150. The number of nitrogens with zero attached hydrogens (tertiary/aromatic N) is 3. The topological polar surface area (TPSA) is 122 Å². The summed E-state index contributed by atoms with van der Waals surface area (Å²) in [4.78, 5) is 14.4. The molecule has 3 N–H and O–H groups in total. The molecule has 5 atom stereocenters. The summed E-state index contributed by atoms with van der Waals surface area (Å²) < 4.78 is 26.7. The zero-order valence-electron chi connectivity index (χ0n) is 16.3. The summed E-state index contributed by atoms with van der Waals surface area (Å²) in [5.74, 6) is -0.728. The van der Waals surface area contributed by atoms with Gasteiger partial charge < -0.3 is 24.7 Å². The van der Waals surface area contributed by atoms with Crippen LogP contribution in [0.25, 0.3) is 11.4 Å². The molecule has 1 fully saturated rings. The van der Waals surface area contributed by atoms with Gasteiger partial charge in [0.05, 0.1) is 28.5 Å². The maximum atomic E-state index is 13.8. The molecule has 172 valence electrons. The predicted octanol–water partition coefficient (Wildman–Crippen LogP) is 2.57. The molecule has 0 aliphatic carbocycles. The number of thioether (sulfide) groups is 1. The monoisotopic (exact) mass is 522 g/mol. The Kier molecular flexibility index (Phi) is 7.22. The molecule has 2 aromatic heterocycles. The third-order valence-corrected chi connectivity index (χ3v) is 7.26. The third-order valence-electron chi connectivity index (χ3n) is 4.92. The second-order valence-corrected chi connectivity index (χ2v) is 9.70. The summed E-state index contributed by atoms with van der Waals surface area (Å²) in [6.07, 6.45) is -1.33. The fourth-order valence-corrected chi connectivity index (χ4v) is 5.83. The van der Waals surface area contributed by atoms with Crippen LogP contribution in [0.3, 0.4) is 0 Å². The first kappa shape index (κ1) is 23.6. The van der Waals surface area contributed by atoms with Crippen molar-refractivity contribution < 1.29 is 24.1 Å². The van der Waals surface area contributed by atoms with E-state index in [1.807, 2.05) is 0 Å². The van der Waals surface area contributed by atoms with Crippen LogP contribution in [-0.2, 0) is 9.47 Å². The first-order chi connectivity index (χ1) is 15.3. The second-order valence-electron chi connectivity index (χ2n) is 6.87. The molecule has 32 heavy (non-hydrogen) atoms. The Bertz CT molecular complexity index is 1140. The van der Waals surface area contributed by atoms with Gasteiger partial charge in [0.15, 0.2) is 5.82 Å². The van der Waals surface area contributed by atoms with E-state index in [1.165, 1.54) is 23.9 Å². The Morgan fingerprint density at radius 3 is 2.72 bits per heavy atom. The van der Waals surface area contributed by atoms with Gasteiger partial charge in [-0.25, -0.2) is 9.07 Å². The fraction of sp³-hybridized carbons (Fsp3) is 0.389. The number of hydrogen-bond acceptors (Lipinski definition) is 9. The van der Waals surface area contributed by atoms with Crippen LogP contribution in [0.15, 0.2) is 33.4 Å². The number of H-pyrrole nitrogens is 1. The van der Waals surface area contributed by atoms with E-state index in [0.717, 1.165) is 23.1 Å². The van der Waals surface area contributed by atoms with Gasteiger partial charge in [-0.3, -0.25) is 4.79 Å². The zero-order valence-corrected chi connectivity index (χ0v) is 19.5. The lowest BCUT2D eigenvalue weighted by molar-refractivity contribution is -0.186. The summed E-state index contributed by atoms with van der Waals surface area (Å²) in [6.45, 7) is -0.463. The van der Waals surface area contributed by atoms with E-state index in [2.05, 4.69) is 15.3 Å². The maximum Gasteiger partial charge on any atom is 0.304 e. The number of methoxy groups -OCH3 is 1. The van der Waals surface area contributed by atoms with Crippen LogP contribution in [0.5, 0.6) is 0 Å². The minimum absolute atomic E-state index is 0.147. The van der Waals surface area contributed by atoms with Gasteiger partial charge in [0.25, 0.3) is 0 Å². The highest BCUT2D eigenvalue weighted by Crippen LogP contribution is 2.41. The minimum Gasteiger partial charge on any atom is -0.394 e. The van der Waals surface area contributed by atoms with Gasteiger partial charge in [-0.05, 0) is 12.1 Å². The van der Waals surface area contributed by atoms with Gasteiger partial charge >= 0.3 is 4.87 Å². The SMILES string of the molecule is CO[C@@H]1C(Sc2cc(Cl)c(F)c(Cl)c2)OC(CO)C(O)C1n1cc(-c2csc(=O)[nH]2)nn1. The van der Waals surface area contributed by atoms with Gasteiger partial charge in [-0.15, -0.1) is 5.10 Å². The zero-order chi connectivity index (χ0) is 23.0. The standard InChI is InChI=1S/C18H17Cl2FN4O5S2/c1-29-16-14(25-4-10(23-24-25)11-6-31-18(28)22-11)15(27)12(5-26)30-17(16)32-7-2-8(19)13(21)9(20)3-7/h2-4,6,12,14-17,26-27H,5H2,1H3,(H,22,28)/t12?,14?,15?,16-,17?/m0/s1. The van der Waals surface area contributed by atoms with Crippen molar-refractivity contribution in [3.05, 3.63) is 49.2 Å². The first-order valence-electron chi connectivity index (χ1n) is 9.20. The summed E-state index contributed by atoms with van der Waals surface area (Å²) in [5, 5.41) is 30.1. The number of aromatic amines is 1. The molecule has 0 bridgehead atoms. The Balaban J connectivity index is 1.66. The Morgan fingerprint density at radius 2 is 2.12 bits per heavy atom. The molecule has 1 aliphatic rings. The molecule has 3 heterocycles. The van der Waals surface area contributed by atoms with Gasteiger partial charge in [0.2, 0.25) is 0 Å². The molecule has 1 saturated heterocycles. The number of aromatic nitrogens is 4. The van der Waals surface area contributed by atoms with Crippen LogP contribution in [0.4, 0.5) is 4.39 Å². The number of benzene rings is 1. The largest absolute Gasteiger partial charge is 0.394 e. The van der Waals surface area contributed by atoms with Gasteiger partial charge in [-0.1, -0.05) is 51.5 Å². The van der Waals surface area contributed by atoms with Crippen molar-refractivity contribution in [3.63, 3.8) is 0 Å². The lowest BCUT2D eigenvalue weighted by Gasteiger charge is -2.43. The molecule has 0 spiro atoms. The summed E-state index contributed by atoms with van der Waals surface area (Å²) in [7, 11) is 1.44. The predicted molar refractivity (Wildman–Crippen MR) is 118 cm³/mol. The Morgan fingerprint density at radius 1 is 1.41 bits per heavy atom. The second kappa shape index (κ2) is 9.77. The quantitative estimate of drug-likeness (QED) is 0.422. The van der Waals surface area contributed by atoms with Crippen molar-refractivity contribution in [2.75, 3.05) is 13.7 Å². The van der Waals surface area contributed by atoms with Crippen LogP contribution < -0.4 is 4.87 Å². The number of hydrogen-bond donors (Lipinski definition) is 3. The smallest absolute Gasteiger partial charge is 0.304 e. The van der Waals surface area contributed by atoms with Crippen molar-refractivity contribution in [3.8, 4) is 11.4 Å². The van der Waals surface area contributed by atoms with Gasteiger partial charge in [0, 0.05) is 17.4 Å². The van der Waals surface area contributed by atoms with Crippen LogP contribution in [0.2, 0.25) is 10.0 Å². The Hall–Kier alpha value is -1.51. The molecule has 14 heteroatoms. The van der Waals surface area contributed by atoms with E-state index in [9.17, 15) is 19.4 Å². The van der Waals surface area contributed by atoms with Crippen molar-refractivity contribution >= 4 is 46.3 Å². The van der Waals surface area contributed by atoms with Crippen molar-refractivity contribution in [1.29, 1.82) is 0 Å². The average molecular weight is 523 g/mol. The number of thiazole rings is 1. The molecule has 3 aromatic rings. The van der Waals surface area contributed by atoms with Crippen LogP contribution in [0, 0.1) is 5.82 Å². The molecule has 0 amide bonds. The molecule has 0 saturated carbocycles. The maximum absolute atomic E-state index is 13.8. The highest BCUT2D eigenvalue weighted by molar-refractivity contribution is 7.99. The van der Waals surface area contributed by atoms with Crippen molar-refractivity contribution in [1.82, 2.24) is 20.0 Å². The highest BCUT2D eigenvalue weighted by atomic mass is 35.5. The molecule has 4 unspecified atom stereocenters. The first-order valence-corrected chi connectivity index (χ1v) is 11.7. The van der Waals surface area contributed by atoms with Crippen molar-refractivity contribution in [2.24, 2.45) is 0 Å². The van der Waals surface area contributed by atoms with Crippen molar-refractivity contribution in [2.45, 2.75) is 34.7 Å². The number of ether oxygens (including phenoxy) is 2. The number of nitrogens with one attached hydrogen (secondary N) is 1. The van der Waals surface area contributed by atoms with E-state index in [4.69, 9.17) is 32.7 Å². The van der Waals surface area contributed by atoms with E-state index in [0.29, 0.717) is 16.3 Å².